The average molecular weight is 305 g/mol. The van der Waals surface area contributed by atoms with Gasteiger partial charge in [0.25, 0.3) is 0 Å². The van der Waals surface area contributed by atoms with Gasteiger partial charge in [-0.1, -0.05) is 82.4 Å². The Bertz CT molecular complexity index is 567. The molecule has 0 saturated heterocycles. The quantitative estimate of drug-likeness (QED) is 0.671. The lowest BCUT2D eigenvalue weighted by atomic mass is 9.87. The molecule has 0 bridgehead atoms. The molecular formula is C21H22P. The first-order chi connectivity index (χ1) is 10.7. The smallest absolute Gasteiger partial charge is 0.0118 e. The highest BCUT2D eigenvalue weighted by atomic mass is 31.1. The van der Waals surface area contributed by atoms with E-state index < -0.39 is 0 Å². The summed E-state index contributed by atoms with van der Waals surface area (Å²) in [4.78, 5) is 0. The van der Waals surface area contributed by atoms with Gasteiger partial charge in [0.05, 0.1) is 0 Å². The molecule has 0 amide bonds. The Kier molecular flexibility index (Phi) is 4.99. The first-order valence-electron chi connectivity index (χ1n) is 7.77. The van der Waals surface area contributed by atoms with Gasteiger partial charge in [0.2, 0.25) is 0 Å². The van der Waals surface area contributed by atoms with E-state index in [-0.39, 0.29) is 13.3 Å². The van der Waals surface area contributed by atoms with Crippen molar-refractivity contribution in [3.63, 3.8) is 0 Å². The molecular weight excluding hydrogens is 283 g/mol. The number of benzene rings is 2. The van der Waals surface area contributed by atoms with Crippen LogP contribution in [-0.4, -0.2) is 6.16 Å². The molecule has 0 aromatic heterocycles. The van der Waals surface area contributed by atoms with E-state index in [1.807, 2.05) is 0 Å². The fourth-order valence-electron chi connectivity index (χ4n) is 2.86. The van der Waals surface area contributed by atoms with Gasteiger partial charge in [-0.05, 0) is 48.1 Å². The molecule has 0 heterocycles. The van der Waals surface area contributed by atoms with Gasteiger partial charge >= 0.3 is 0 Å². The molecule has 0 unspecified atom stereocenters. The van der Waals surface area contributed by atoms with Crippen molar-refractivity contribution in [2.75, 3.05) is 6.16 Å². The van der Waals surface area contributed by atoms with Crippen molar-refractivity contribution in [1.82, 2.24) is 0 Å². The van der Waals surface area contributed by atoms with Gasteiger partial charge in [0.1, 0.15) is 0 Å². The fourth-order valence-corrected chi connectivity index (χ4v) is 5.56. The fraction of sp³-hybridized carbons (Fsp3) is 0.190. The van der Waals surface area contributed by atoms with Crippen molar-refractivity contribution in [3.8, 4) is 0 Å². The topological polar surface area (TPSA) is 0 Å². The minimum Gasteiger partial charge on any atom is -0.0665 e. The van der Waals surface area contributed by atoms with Crippen LogP contribution < -0.4 is 5.30 Å². The predicted molar refractivity (Wildman–Crippen MR) is 97.8 cm³/mol. The van der Waals surface area contributed by atoms with Crippen molar-refractivity contribution in [3.05, 3.63) is 97.6 Å². The van der Waals surface area contributed by atoms with E-state index in [0.717, 1.165) is 0 Å². The van der Waals surface area contributed by atoms with E-state index in [9.17, 15) is 0 Å². The summed E-state index contributed by atoms with van der Waals surface area (Å²) in [5.74, 6) is 0. The van der Waals surface area contributed by atoms with E-state index in [2.05, 4.69) is 100 Å². The molecule has 2 aromatic carbocycles. The highest BCUT2D eigenvalue weighted by Gasteiger charge is 2.33. The molecule has 3 rings (SSSR count). The molecule has 0 aliphatic heterocycles. The highest BCUT2D eigenvalue weighted by molar-refractivity contribution is 7.69. The Morgan fingerprint density at radius 1 is 0.773 bits per heavy atom. The zero-order valence-corrected chi connectivity index (χ0v) is 14.1. The maximum Gasteiger partial charge on any atom is 0.0118 e. The minimum atomic E-state index is -0.325. The van der Waals surface area contributed by atoms with Crippen molar-refractivity contribution in [2.24, 2.45) is 0 Å². The maximum atomic E-state index is 2.36. The third-order valence-electron chi connectivity index (χ3n) is 4.13. The first kappa shape index (κ1) is 15.8. The van der Waals surface area contributed by atoms with Crippen LogP contribution in [0.1, 0.15) is 19.4 Å². The molecule has 5 radical (unpaired) electrons. The number of hydrogen-bond acceptors (Lipinski definition) is 0. The van der Waals surface area contributed by atoms with E-state index >= 15 is 0 Å². The van der Waals surface area contributed by atoms with Gasteiger partial charge in [-0.2, -0.15) is 0 Å². The van der Waals surface area contributed by atoms with E-state index in [0.29, 0.717) is 0 Å². The summed E-state index contributed by atoms with van der Waals surface area (Å²) in [5, 5.41) is 1.47. The summed E-state index contributed by atoms with van der Waals surface area (Å²) in [6.07, 6.45) is 10.0. The van der Waals surface area contributed by atoms with Crippen LogP contribution in [0.4, 0.5) is 0 Å². The van der Waals surface area contributed by atoms with Crippen LogP contribution in [-0.2, 0) is 5.41 Å². The van der Waals surface area contributed by atoms with Crippen LogP contribution in [0.5, 0.6) is 0 Å². The lowest BCUT2D eigenvalue weighted by molar-refractivity contribution is 0.599. The van der Waals surface area contributed by atoms with Crippen LogP contribution in [0.3, 0.4) is 0 Å². The molecule has 111 valence electrons. The third kappa shape index (κ3) is 3.61. The van der Waals surface area contributed by atoms with Crippen molar-refractivity contribution in [2.45, 2.75) is 19.3 Å². The largest absolute Gasteiger partial charge is 0.0665 e. The zero-order chi connectivity index (χ0) is 15.4. The lowest BCUT2D eigenvalue weighted by Gasteiger charge is -2.33. The second-order valence-electron chi connectivity index (χ2n) is 6.31. The molecule has 22 heavy (non-hydrogen) atoms. The van der Waals surface area contributed by atoms with Crippen molar-refractivity contribution < 1.29 is 0 Å². The minimum absolute atomic E-state index is 0.167. The molecule has 0 N–H and O–H groups in total. The zero-order valence-electron chi connectivity index (χ0n) is 13.2. The van der Waals surface area contributed by atoms with Gasteiger partial charge in [0, 0.05) is 5.66 Å². The molecule has 1 saturated carbocycles. The molecule has 1 heteroatoms. The lowest BCUT2D eigenvalue weighted by Crippen LogP contribution is -2.25. The van der Waals surface area contributed by atoms with Gasteiger partial charge in [0.15, 0.2) is 0 Å². The van der Waals surface area contributed by atoms with E-state index in [1.54, 1.807) is 0 Å². The van der Waals surface area contributed by atoms with Crippen molar-refractivity contribution in [1.29, 1.82) is 0 Å². The Morgan fingerprint density at radius 2 is 1.32 bits per heavy atom. The Labute approximate surface area is 136 Å². The standard InChI is InChI=1S/C21H22P/c1-21(2,18-11-5-3-6-12-18)17-22(20-15-9-10-16-20)19-13-7-4-8-14-19/h3-16H,17H2,1-2H3/t22-/m0/s1. The molecule has 1 aliphatic carbocycles. The van der Waals surface area contributed by atoms with E-state index in [1.165, 1.54) is 22.7 Å². The van der Waals surface area contributed by atoms with Crippen LogP contribution in [0, 0.1) is 31.3 Å². The molecule has 2 aromatic rings. The van der Waals surface area contributed by atoms with Gasteiger partial charge in [-0.3, -0.25) is 0 Å². The summed E-state index contributed by atoms with van der Waals surface area (Å²) in [6, 6.07) is 21.9. The van der Waals surface area contributed by atoms with Gasteiger partial charge in [-0.15, -0.1) is 0 Å². The summed E-state index contributed by atoms with van der Waals surface area (Å²) in [7, 11) is -0.325. The molecule has 1 aliphatic rings. The van der Waals surface area contributed by atoms with Crippen LogP contribution in [0.15, 0.2) is 60.7 Å². The first-order valence-corrected chi connectivity index (χ1v) is 9.29. The molecule has 1 atom stereocenters. The summed E-state index contributed by atoms with van der Waals surface area (Å²) < 4.78 is 0. The van der Waals surface area contributed by atoms with Gasteiger partial charge in [-0.25, -0.2) is 0 Å². The Balaban J connectivity index is 1.86. The molecule has 1 fully saturated rings. The SMILES string of the molecule is CC(C)(C[P@]([C]1[CH][CH][CH][CH]1)c1ccccc1)c1ccccc1. The third-order valence-corrected chi connectivity index (χ3v) is 7.08. The number of hydrogen-bond donors (Lipinski definition) is 0. The summed E-state index contributed by atoms with van der Waals surface area (Å²) >= 11 is 0. The highest BCUT2D eigenvalue weighted by Crippen LogP contribution is 2.55. The number of rotatable bonds is 5. The average Bonchev–Trinajstić information content (AvgIpc) is 3.09. The summed E-state index contributed by atoms with van der Waals surface area (Å²) in [6.45, 7) is 4.73. The Morgan fingerprint density at radius 3 is 1.91 bits per heavy atom. The molecule has 0 nitrogen and oxygen atoms in total. The van der Waals surface area contributed by atoms with E-state index in [4.69, 9.17) is 0 Å². The van der Waals surface area contributed by atoms with Crippen LogP contribution in [0.25, 0.3) is 0 Å². The van der Waals surface area contributed by atoms with Gasteiger partial charge < -0.3 is 0 Å². The monoisotopic (exact) mass is 305 g/mol. The Hall–Kier alpha value is -1.13. The van der Waals surface area contributed by atoms with Crippen molar-refractivity contribution >= 4 is 13.2 Å². The second kappa shape index (κ2) is 6.97. The van der Waals surface area contributed by atoms with Crippen LogP contribution >= 0.6 is 7.92 Å². The maximum absolute atomic E-state index is 2.36. The predicted octanol–water partition coefficient (Wildman–Crippen LogP) is 5.13. The normalized spacial score (nSPS) is 17.5. The molecule has 0 spiro atoms. The van der Waals surface area contributed by atoms with Crippen LogP contribution in [0.2, 0.25) is 0 Å². The summed E-state index contributed by atoms with van der Waals surface area (Å²) in [5.41, 5.74) is 3.07. The second-order valence-corrected chi connectivity index (χ2v) is 8.52.